The number of nitrogens with zero attached hydrogens (tertiary/aromatic N) is 7. The quantitative estimate of drug-likeness (QED) is 0.109. The first kappa shape index (κ1) is 28.6. The lowest BCUT2D eigenvalue weighted by molar-refractivity contribution is -0.175. The van der Waals surface area contributed by atoms with Crippen molar-refractivity contribution in [2.75, 3.05) is 24.7 Å². The Morgan fingerprint density at radius 2 is 1.95 bits per heavy atom. The van der Waals surface area contributed by atoms with Crippen molar-refractivity contribution in [3.63, 3.8) is 0 Å². The molecule has 18 nitrogen and oxygen atoms in total. The second kappa shape index (κ2) is 9.84. The number of aliphatic hydroxyl groups excluding tert-OH is 2. The SMILES string of the molecule is Nc1nc2c(ncn2[C@@H]2S[C@H](CO)[C@@H]3C[C@]32OP(=O)(S)OC[C@]23C[C@H](O)O[C@H](C2)[C@H](n2cnc4c(N)ncnc42)O3)c(=O)[nH]1. The molecule has 4 fully saturated rings. The van der Waals surface area contributed by atoms with Crippen molar-refractivity contribution in [1.82, 2.24) is 39.0 Å². The van der Waals surface area contributed by atoms with Crippen molar-refractivity contribution < 1.29 is 33.3 Å². The van der Waals surface area contributed by atoms with E-state index in [0.717, 1.165) is 0 Å². The van der Waals surface area contributed by atoms with E-state index >= 15 is 0 Å². The highest BCUT2D eigenvalue weighted by Crippen LogP contribution is 2.75. The van der Waals surface area contributed by atoms with E-state index in [1.807, 2.05) is 0 Å². The Balaban J connectivity index is 1.04. The summed E-state index contributed by atoms with van der Waals surface area (Å²) in [6, 6.07) is 0. The number of aromatic amines is 1. The third-order valence-corrected chi connectivity index (χ3v) is 12.0. The fourth-order valence-electron chi connectivity index (χ4n) is 6.67. The first-order valence-corrected chi connectivity index (χ1v) is 17.3. The summed E-state index contributed by atoms with van der Waals surface area (Å²) in [7, 11) is 0. The van der Waals surface area contributed by atoms with Crippen LogP contribution in [0.3, 0.4) is 0 Å². The molecule has 21 heteroatoms. The number of anilines is 2. The van der Waals surface area contributed by atoms with Crippen LogP contribution in [0, 0.1) is 5.92 Å². The van der Waals surface area contributed by atoms with Gasteiger partial charge in [-0.1, -0.05) is 12.2 Å². The molecule has 7 heterocycles. The minimum Gasteiger partial charge on any atom is -0.395 e. The Bertz CT molecular complexity index is 1910. The normalized spacial score (nSPS) is 35.7. The zero-order valence-corrected chi connectivity index (χ0v) is 25.3. The smallest absolute Gasteiger partial charge is 0.386 e. The minimum absolute atomic E-state index is 0.0407. The molecule has 3 aliphatic heterocycles. The van der Waals surface area contributed by atoms with Crippen molar-refractivity contribution in [1.29, 1.82) is 0 Å². The van der Waals surface area contributed by atoms with Crippen LogP contribution in [0.5, 0.6) is 0 Å². The summed E-state index contributed by atoms with van der Waals surface area (Å²) in [5.41, 5.74) is 10.2. The number of thioether (sulfide) groups is 1. The van der Waals surface area contributed by atoms with Crippen LogP contribution in [0.4, 0.5) is 11.8 Å². The molecular weight excluding hydrogens is 639 g/mol. The highest BCUT2D eigenvalue weighted by atomic mass is 32.7. The van der Waals surface area contributed by atoms with E-state index < -0.39 is 47.6 Å². The van der Waals surface area contributed by atoms with Crippen LogP contribution in [0.15, 0.2) is 23.8 Å². The molecule has 1 saturated carbocycles. The van der Waals surface area contributed by atoms with Gasteiger partial charge in [-0.15, -0.1) is 11.8 Å². The monoisotopic (exact) mass is 666 g/mol. The summed E-state index contributed by atoms with van der Waals surface area (Å²) >= 11 is 5.72. The molecule has 3 saturated heterocycles. The number of thiol groups is 1. The fraction of sp³-hybridized carbons (Fsp3) is 0.565. The lowest BCUT2D eigenvalue weighted by Gasteiger charge is -2.34. The van der Waals surface area contributed by atoms with Gasteiger partial charge in [0.05, 0.1) is 25.9 Å². The molecule has 4 aliphatic rings. The Morgan fingerprint density at radius 3 is 2.77 bits per heavy atom. The molecule has 0 spiro atoms. The van der Waals surface area contributed by atoms with Crippen molar-refractivity contribution in [3.05, 3.63) is 29.3 Å². The van der Waals surface area contributed by atoms with Gasteiger partial charge < -0.3 is 31.2 Å². The Kier molecular flexibility index (Phi) is 6.41. The number of rotatable bonds is 8. The van der Waals surface area contributed by atoms with E-state index in [1.54, 1.807) is 9.13 Å². The largest absolute Gasteiger partial charge is 0.395 e. The van der Waals surface area contributed by atoms with Gasteiger partial charge in [-0.25, -0.2) is 24.5 Å². The number of nitrogens with two attached hydrogens (primary N) is 2. The topological polar surface area (TPSA) is 254 Å². The van der Waals surface area contributed by atoms with Crippen LogP contribution in [0.2, 0.25) is 0 Å². The second-order valence-electron chi connectivity index (χ2n) is 11.4. The van der Waals surface area contributed by atoms with Gasteiger partial charge in [-0.05, 0) is 6.42 Å². The summed E-state index contributed by atoms with van der Waals surface area (Å²) in [5.74, 6) is -0.0461. The number of hydrogen-bond donors (Lipinski definition) is 6. The number of imidazole rings is 2. The molecule has 1 unspecified atom stereocenters. The number of nitrogens with one attached hydrogen (secondary N) is 1. The van der Waals surface area contributed by atoms with Crippen LogP contribution in [-0.4, -0.2) is 91.3 Å². The second-order valence-corrected chi connectivity index (χ2v) is 15.6. The maximum atomic E-state index is 13.8. The summed E-state index contributed by atoms with van der Waals surface area (Å²) in [5, 5.41) is 19.8. The number of fused-ring (bicyclic) bond motifs is 5. The molecular formula is C23H27N10O8PS2. The molecule has 0 amide bonds. The van der Waals surface area contributed by atoms with Gasteiger partial charge in [0.25, 0.3) is 5.56 Å². The molecule has 4 aromatic heterocycles. The number of hydrogen-bond acceptors (Lipinski definition) is 16. The molecule has 4 aromatic rings. The molecule has 0 aromatic carbocycles. The van der Waals surface area contributed by atoms with Crippen molar-refractivity contribution in [2.24, 2.45) is 5.92 Å². The highest BCUT2D eigenvalue weighted by Gasteiger charge is 2.72. The number of aromatic nitrogens is 8. The molecule has 7 N–H and O–H groups in total. The van der Waals surface area contributed by atoms with Gasteiger partial charge in [0, 0.05) is 24.0 Å². The van der Waals surface area contributed by atoms with Crippen molar-refractivity contribution in [2.45, 2.75) is 59.7 Å². The number of H-pyrrole nitrogens is 1. The Labute approximate surface area is 256 Å². The van der Waals surface area contributed by atoms with Gasteiger partial charge in [-0.2, -0.15) is 4.98 Å². The molecule has 0 radical (unpaired) electrons. The number of aliphatic hydroxyl groups is 2. The van der Waals surface area contributed by atoms with Gasteiger partial charge in [-0.3, -0.25) is 28.0 Å². The molecule has 44 heavy (non-hydrogen) atoms. The van der Waals surface area contributed by atoms with Crippen LogP contribution in [0.25, 0.3) is 22.3 Å². The molecule has 8 rings (SSSR count). The molecule has 2 bridgehead atoms. The van der Waals surface area contributed by atoms with Gasteiger partial charge in [0.15, 0.2) is 35.1 Å². The number of ether oxygens (including phenoxy) is 2. The average molecular weight is 667 g/mol. The maximum absolute atomic E-state index is 13.8. The van der Waals surface area contributed by atoms with E-state index in [9.17, 15) is 19.6 Å². The summed E-state index contributed by atoms with van der Waals surface area (Å²) in [6.07, 6.45) is 2.58. The first-order valence-electron chi connectivity index (χ1n) is 13.6. The molecule has 9 atom stereocenters. The van der Waals surface area contributed by atoms with E-state index in [0.29, 0.717) is 24.0 Å². The predicted molar refractivity (Wildman–Crippen MR) is 157 cm³/mol. The third kappa shape index (κ3) is 4.38. The predicted octanol–water partition coefficient (Wildman–Crippen LogP) is 0.325. The van der Waals surface area contributed by atoms with Crippen molar-refractivity contribution >= 4 is 64.9 Å². The van der Waals surface area contributed by atoms with Crippen LogP contribution < -0.4 is 17.0 Å². The standard InChI is InChI=1S/C23H27N10O8PS2/c24-15-13-16(27-6-26-15)32(7-28-13)19-10-2-22(40-19,3-12(35)39-10)5-38-42(37,43)41-23-1-9(23)11(4-34)44-20(23)33-8-29-14-17(33)30-21(25)31-18(14)36/h6-12,19-20,34-35H,1-5H2,(H,37,43)(H2,24,26,27)(H3,25,30,31,36)/t9-,10+,11+,12+,19+,20+,22+,23-,42?/m0/s1. The lowest BCUT2D eigenvalue weighted by Crippen LogP contribution is -2.42. The zero-order valence-electron chi connectivity index (χ0n) is 22.7. The summed E-state index contributed by atoms with van der Waals surface area (Å²) < 4.78 is 41.4. The van der Waals surface area contributed by atoms with Gasteiger partial charge in [0.2, 0.25) is 5.95 Å². The van der Waals surface area contributed by atoms with Crippen molar-refractivity contribution in [3.8, 4) is 0 Å². The van der Waals surface area contributed by atoms with Gasteiger partial charge >= 0.3 is 6.80 Å². The lowest BCUT2D eigenvalue weighted by atomic mass is 9.93. The van der Waals surface area contributed by atoms with Gasteiger partial charge in [0.1, 0.15) is 34.5 Å². The van der Waals surface area contributed by atoms with E-state index in [1.165, 1.54) is 30.7 Å². The molecule has 234 valence electrons. The summed E-state index contributed by atoms with van der Waals surface area (Å²) in [4.78, 5) is 35.8. The fourth-order valence-corrected chi connectivity index (χ4v) is 10.3. The average Bonchev–Trinajstić information content (AvgIpc) is 3.31. The van der Waals surface area contributed by atoms with Crippen LogP contribution in [0.1, 0.15) is 30.9 Å². The zero-order chi connectivity index (χ0) is 30.6. The number of nitrogen functional groups attached to an aromatic ring is 2. The minimum atomic E-state index is -4.08. The first-order chi connectivity index (χ1) is 21.0. The highest BCUT2D eigenvalue weighted by molar-refractivity contribution is 8.44. The van der Waals surface area contributed by atoms with Crippen LogP contribution in [-0.2, 0) is 23.1 Å². The Morgan fingerprint density at radius 1 is 1.16 bits per heavy atom. The van der Waals surface area contributed by atoms with Crippen LogP contribution >= 0.6 is 30.8 Å². The third-order valence-electron chi connectivity index (χ3n) is 8.64. The van der Waals surface area contributed by atoms with E-state index in [-0.39, 0.29) is 53.7 Å². The van der Waals surface area contributed by atoms with E-state index in [4.69, 9.17) is 30.0 Å². The van der Waals surface area contributed by atoms with E-state index in [2.05, 4.69) is 42.2 Å². The summed E-state index contributed by atoms with van der Waals surface area (Å²) in [6.45, 7) is -4.45. The maximum Gasteiger partial charge on any atom is 0.386 e. The Hall–Kier alpha value is -2.81. The molecule has 1 aliphatic carbocycles.